The monoisotopic (exact) mass is 461 g/mol. The van der Waals surface area contributed by atoms with Crippen LogP contribution in [0.25, 0.3) is 0 Å². The lowest BCUT2D eigenvalue weighted by Crippen LogP contribution is -2.39. The molecule has 0 N–H and O–H groups in total. The van der Waals surface area contributed by atoms with Crippen LogP contribution >= 0.6 is 0 Å². The van der Waals surface area contributed by atoms with E-state index in [2.05, 4.69) is 82.2 Å². The normalized spacial score (nSPS) is 12.4. The van der Waals surface area contributed by atoms with E-state index in [4.69, 9.17) is 4.74 Å². The van der Waals surface area contributed by atoms with Crippen LogP contribution in [0, 0.1) is 25.2 Å². The van der Waals surface area contributed by atoms with Crippen molar-refractivity contribution in [2.45, 2.75) is 75.8 Å². The van der Waals surface area contributed by atoms with Crippen LogP contribution in [0.4, 0.5) is 0 Å². The first-order valence-corrected chi connectivity index (χ1v) is 13.0. The fourth-order valence-corrected chi connectivity index (χ4v) is 3.92. The zero-order chi connectivity index (χ0) is 25.2. The minimum Gasteiger partial charge on any atom is -0.425 e. The van der Waals surface area contributed by atoms with Gasteiger partial charge in [-0.25, -0.2) is 0 Å². The number of carbonyl (C=O) groups excluding carboxylic acids is 1. The Morgan fingerprint density at radius 3 is 1.73 bits per heavy atom. The minimum atomic E-state index is -0.528. The van der Waals surface area contributed by atoms with Crippen molar-refractivity contribution in [3.8, 4) is 5.75 Å². The molecule has 5 nitrogen and oxygen atoms in total. The van der Waals surface area contributed by atoms with Crippen molar-refractivity contribution in [1.82, 2.24) is 14.7 Å². The maximum atomic E-state index is 13.1. The zero-order valence-corrected chi connectivity index (χ0v) is 23.3. The maximum absolute atomic E-state index is 13.1. The molecular formula is C28H51N3O2. The molecule has 1 aromatic rings. The third-order valence-electron chi connectivity index (χ3n) is 7.31. The molecule has 0 heterocycles. The highest BCUT2D eigenvalue weighted by Crippen LogP contribution is 2.32. The Hall–Kier alpha value is -1.43. The Morgan fingerprint density at radius 1 is 0.848 bits per heavy atom. The Balaban J connectivity index is 3.18. The lowest BCUT2D eigenvalue weighted by molar-refractivity contribution is -0.146. The Labute approximate surface area is 204 Å². The van der Waals surface area contributed by atoms with Gasteiger partial charge in [-0.05, 0) is 65.4 Å². The van der Waals surface area contributed by atoms with Gasteiger partial charge in [-0.2, -0.15) is 0 Å². The molecule has 1 rings (SSSR count). The maximum Gasteiger partial charge on any atom is 0.317 e. The number of hydrogen-bond donors (Lipinski definition) is 0. The van der Waals surface area contributed by atoms with Gasteiger partial charge in [0.05, 0.1) is 5.41 Å². The molecule has 1 aromatic carbocycles. The largest absolute Gasteiger partial charge is 0.425 e. The molecule has 0 aromatic heterocycles. The first kappa shape index (κ1) is 29.6. The summed E-state index contributed by atoms with van der Waals surface area (Å²) in [5.74, 6) is 0.803. The molecule has 0 amide bonds. The summed E-state index contributed by atoms with van der Waals surface area (Å²) in [5, 5.41) is 0. The minimum absolute atomic E-state index is 0.150. The third kappa shape index (κ3) is 9.03. The molecule has 190 valence electrons. The van der Waals surface area contributed by atoms with Gasteiger partial charge in [-0.1, -0.05) is 59.2 Å². The van der Waals surface area contributed by atoms with E-state index >= 15 is 0 Å². The van der Waals surface area contributed by atoms with Gasteiger partial charge in [0, 0.05) is 38.3 Å². The van der Waals surface area contributed by atoms with Crippen LogP contribution in [-0.2, 0) is 11.3 Å². The lowest BCUT2D eigenvalue weighted by atomic mass is 9.81. The summed E-state index contributed by atoms with van der Waals surface area (Å²) in [6, 6.07) is 4.31. The standard InChI is InChI=1S/C28H51N3O2/c1-11-29(12-2)15-17-31(18-16-30(13-3)14-4)21-25-20-23(7)19-24(8)26(25)33-27(32)28(9,10)22(5)6/h19-20,22H,11-18,21H2,1-10H3. The van der Waals surface area contributed by atoms with Crippen LogP contribution in [0.3, 0.4) is 0 Å². The molecular weight excluding hydrogens is 410 g/mol. The predicted molar refractivity (Wildman–Crippen MR) is 141 cm³/mol. The number of carbonyl (C=O) groups is 1. The summed E-state index contributed by atoms with van der Waals surface area (Å²) in [7, 11) is 0. The highest BCUT2D eigenvalue weighted by Gasteiger charge is 2.34. The lowest BCUT2D eigenvalue weighted by Gasteiger charge is -2.30. The van der Waals surface area contributed by atoms with Crippen LogP contribution in [0.2, 0.25) is 0 Å². The van der Waals surface area contributed by atoms with Crippen molar-refractivity contribution in [3.63, 3.8) is 0 Å². The summed E-state index contributed by atoms with van der Waals surface area (Å²) < 4.78 is 6.11. The average Bonchev–Trinajstić information content (AvgIpc) is 2.76. The Kier molecular flexibility index (Phi) is 12.6. The smallest absolute Gasteiger partial charge is 0.317 e. The summed E-state index contributed by atoms with van der Waals surface area (Å²) in [4.78, 5) is 20.6. The van der Waals surface area contributed by atoms with Crippen LogP contribution in [0.15, 0.2) is 12.1 Å². The van der Waals surface area contributed by atoms with Gasteiger partial charge in [-0.15, -0.1) is 0 Å². The van der Waals surface area contributed by atoms with Crippen LogP contribution in [0.5, 0.6) is 5.75 Å². The quantitative estimate of drug-likeness (QED) is 0.259. The number of ether oxygens (including phenoxy) is 1. The van der Waals surface area contributed by atoms with Gasteiger partial charge in [-0.3, -0.25) is 9.69 Å². The van der Waals surface area contributed by atoms with Crippen LogP contribution in [-0.4, -0.2) is 73.0 Å². The SMILES string of the molecule is CCN(CC)CCN(CCN(CC)CC)Cc1cc(C)cc(C)c1OC(=O)C(C)(C)C(C)C. The Morgan fingerprint density at radius 2 is 1.30 bits per heavy atom. The zero-order valence-electron chi connectivity index (χ0n) is 23.3. The molecule has 0 saturated carbocycles. The number of rotatable bonds is 15. The van der Waals surface area contributed by atoms with Crippen LogP contribution < -0.4 is 4.74 Å². The van der Waals surface area contributed by atoms with Crippen molar-refractivity contribution in [1.29, 1.82) is 0 Å². The van der Waals surface area contributed by atoms with Gasteiger partial charge in [0.25, 0.3) is 0 Å². The number of hydrogen-bond acceptors (Lipinski definition) is 5. The van der Waals surface area contributed by atoms with Gasteiger partial charge < -0.3 is 14.5 Å². The third-order valence-corrected chi connectivity index (χ3v) is 7.31. The van der Waals surface area contributed by atoms with Gasteiger partial charge in [0.1, 0.15) is 5.75 Å². The molecule has 0 bridgehead atoms. The second-order valence-electron chi connectivity index (χ2n) is 10.2. The van der Waals surface area contributed by atoms with E-state index in [1.807, 2.05) is 13.8 Å². The summed E-state index contributed by atoms with van der Waals surface area (Å²) in [6.45, 7) is 30.3. The molecule has 0 aliphatic rings. The number of benzene rings is 1. The van der Waals surface area contributed by atoms with E-state index in [1.54, 1.807) is 0 Å². The van der Waals surface area contributed by atoms with Crippen molar-refractivity contribution in [2.24, 2.45) is 11.3 Å². The topological polar surface area (TPSA) is 36.0 Å². The summed E-state index contributed by atoms with van der Waals surface area (Å²) in [5.41, 5.74) is 2.82. The van der Waals surface area contributed by atoms with E-state index in [0.29, 0.717) is 0 Å². The first-order chi connectivity index (χ1) is 15.5. The summed E-state index contributed by atoms with van der Waals surface area (Å²) in [6.07, 6.45) is 0. The molecule has 0 fully saturated rings. The second-order valence-corrected chi connectivity index (χ2v) is 10.2. The van der Waals surface area contributed by atoms with Crippen molar-refractivity contribution >= 4 is 5.97 Å². The molecule has 0 atom stereocenters. The van der Waals surface area contributed by atoms with Crippen LogP contribution in [0.1, 0.15) is 72.1 Å². The van der Waals surface area contributed by atoms with Gasteiger partial charge in [0.15, 0.2) is 0 Å². The van der Waals surface area contributed by atoms with E-state index in [0.717, 1.165) is 75.8 Å². The van der Waals surface area contributed by atoms with E-state index in [-0.39, 0.29) is 11.9 Å². The highest BCUT2D eigenvalue weighted by molar-refractivity contribution is 5.79. The molecule has 33 heavy (non-hydrogen) atoms. The second kappa shape index (κ2) is 14.1. The van der Waals surface area contributed by atoms with Gasteiger partial charge >= 0.3 is 5.97 Å². The Bertz CT molecular complexity index is 706. The van der Waals surface area contributed by atoms with E-state index < -0.39 is 5.41 Å². The molecule has 0 saturated heterocycles. The number of likely N-dealkylation sites (N-methyl/N-ethyl adjacent to an activating group) is 2. The molecule has 5 heteroatoms. The molecule has 0 radical (unpaired) electrons. The number of nitrogens with zero attached hydrogens (tertiary/aromatic N) is 3. The molecule has 0 aliphatic heterocycles. The van der Waals surface area contributed by atoms with Crippen molar-refractivity contribution < 1.29 is 9.53 Å². The number of esters is 1. The molecule has 0 aliphatic carbocycles. The fourth-order valence-electron chi connectivity index (χ4n) is 3.92. The van der Waals surface area contributed by atoms with E-state index in [9.17, 15) is 4.79 Å². The average molecular weight is 462 g/mol. The summed E-state index contributed by atoms with van der Waals surface area (Å²) >= 11 is 0. The highest BCUT2D eigenvalue weighted by atomic mass is 16.5. The molecule has 0 unspecified atom stereocenters. The van der Waals surface area contributed by atoms with Crippen molar-refractivity contribution in [3.05, 3.63) is 28.8 Å². The predicted octanol–water partition coefficient (Wildman–Crippen LogP) is 5.38. The first-order valence-electron chi connectivity index (χ1n) is 13.0. The van der Waals surface area contributed by atoms with Gasteiger partial charge in [0.2, 0.25) is 0 Å². The fraction of sp³-hybridized carbons (Fsp3) is 0.750. The number of aryl methyl sites for hydroxylation is 2. The van der Waals surface area contributed by atoms with E-state index in [1.165, 1.54) is 5.56 Å². The van der Waals surface area contributed by atoms with Crippen molar-refractivity contribution in [2.75, 3.05) is 52.4 Å². The molecule has 0 spiro atoms.